The number of ether oxygens (including phenoxy) is 1. The Hall–Kier alpha value is -3.03. The quantitative estimate of drug-likeness (QED) is 0.426. The molecule has 9 heteroatoms. The third kappa shape index (κ3) is 5.57. The number of guanidine groups is 1. The van der Waals surface area contributed by atoms with Gasteiger partial charge < -0.3 is 10.1 Å². The van der Waals surface area contributed by atoms with Crippen LogP contribution in [0.15, 0.2) is 47.5 Å². The summed E-state index contributed by atoms with van der Waals surface area (Å²) >= 11 is 12.1. The lowest BCUT2D eigenvalue weighted by atomic mass is 10.2. The number of amides is 1. The fourth-order valence-corrected chi connectivity index (χ4v) is 3.30. The number of nitrogens with zero attached hydrogens (tertiary/aromatic N) is 3. The summed E-state index contributed by atoms with van der Waals surface area (Å²) in [6.45, 7) is 4.24. The van der Waals surface area contributed by atoms with Crippen LogP contribution < -0.4 is 15.4 Å². The van der Waals surface area contributed by atoms with E-state index in [4.69, 9.17) is 27.9 Å². The maximum absolute atomic E-state index is 12.8. The van der Waals surface area contributed by atoms with Crippen LogP contribution in [0.1, 0.15) is 27.3 Å². The number of carbonyl (C=O) groups excluding carboxylic acids is 1. The van der Waals surface area contributed by atoms with Crippen LogP contribution in [-0.4, -0.2) is 28.8 Å². The summed E-state index contributed by atoms with van der Waals surface area (Å²) in [5, 5.41) is 11.4. The fraction of sp³-hybridized carbons (Fsp3) is 0.227. The molecule has 0 atom stereocenters. The normalized spacial score (nSPS) is 11.4. The molecule has 1 amide bonds. The molecule has 0 fully saturated rings. The summed E-state index contributed by atoms with van der Waals surface area (Å²) in [4.78, 5) is 17.4. The number of rotatable bonds is 5. The maximum Gasteiger partial charge on any atom is 0.257 e. The Kier molecular flexibility index (Phi) is 7.20. The average Bonchev–Trinajstić information content (AvgIpc) is 2.98. The van der Waals surface area contributed by atoms with Crippen LogP contribution in [0.25, 0.3) is 0 Å². The Morgan fingerprint density at radius 2 is 1.81 bits per heavy atom. The lowest BCUT2D eigenvalue weighted by Crippen LogP contribution is -2.36. The number of carbonyl (C=O) groups is 1. The molecule has 0 aliphatic heterocycles. The minimum Gasteiger partial charge on any atom is -0.495 e. The third-order valence-corrected chi connectivity index (χ3v) is 5.29. The molecule has 0 radical (unpaired) electrons. The van der Waals surface area contributed by atoms with Crippen LogP contribution in [0.3, 0.4) is 0 Å². The number of hydrogen-bond acceptors (Lipinski definition) is 4. The summed E-state index contributed by atoms with van der Waals surface area (Å²) in [6.07, 6.45) is 0. The van der Waals surface area contributed by atoms with Crippen molar-refractivity contribution in [1.29, 1.82) is 0 Å². The van der Waals surface area contributed by atoms with E-state index in [1.165, 1.54) is 0 Å². The zero-order valence-electron chi connectivity index (χ0n) is 17.7. The predicted molar refractivity (Wildman–Crippen MR) is 124 cm³/mol. The smallest absolute Gasteiger partial charge is 0.257 e. The molecule has 0 aliphatic rings. The molecule has 0 saturated carbocycles. The number of benzene rings is 2. The van der Waals surface area contributed by atoms with Crippen molar-refractivity contribution in [3.8, 4) is 5.75 Å². The van der Waals surface area contributed by atoms with E-state index in [-0.39, 0.29) is 11.9 Å². The van der Waals surface area contributed by atoms with Gasteiger partial charge in [-0.15, -0.1) is 0 Å². The van der Waals surface area contributed by atoms with Crippen molar-refractivity contribution in [1.82, 2.24) is 15.1 Å². The number of hydrogen-bond donors (Lipinski definition) is 2. The second-order valence-electron chi connectivity index (χ2n) is 6.87. The van der Waals surface area contributed by atoms with E-state index in [1.807, 2.05) is 20.9 Å². The van der Waals surface area contributed by atoms with E-state index >= 15 is 0 Å². The first kappa shape index (κ1) is 22.7. The van der Waals surface area contributed by atoms with Crippen molar-refractivity contribution in [2.24, 2.45) is 12.0 Å². The van der Waals surface area contributed by atoms with Gasteiger partial charge in [-0.05, 0) is 56.3 Å². The van der Waals surface area contributed by atoms with Crippen LogP contribution in [-0.2, 0) is 13.6 Å². The van der Waals surface area contributed by atoms with Gasteiger partial charge in [0.15, 0.2) is 0 Å². The Balaban J connectivity index is 1.92. The van der Waals surface area contributed by atoms with Gasteiger partial charge in [0.1, 0.15) is 5.75 Å². The molecule has 3 rings (SSSR count). The molecule has 0 aliphatic carbocycles. The molecule has 7 nitrogen and oxygen atoms in total. The van der Waals surface area contributed by atoms with Gasteiger partial charge in [0, 0.05) is 33.9 Å². The van der Waals surface area contributed by atoms with Crippen molar-refractivity contribution < 1.29 is 9.53 Å². The molecule has 162 valence electrons. The van der Waals surface area contributed by atoms with E-state index in [9.17, 15) is 4.79 Å². The predicted octanol–water partition coefficient (Wildman–Crippen LogP) is 4.75. The van der Waals surface area contributed by atoms with E-state index in [0.29, 0.717) is 33.6 Å². The van der Waals surface area contributed by atoms with Crippen molar-refractivity contribution in [3.05, 3.63) is 75.0 Å². The number of halogens is 2. The molecular formula is C22H23Cl2N5O2. The molecule has 0 bridgehead atoms. The molecule has 0 unspecified atom stereocenters. The zero-order valence-corrected chi connectivity index (χ0v) is 19.2. The van der Waals surface area contributed by atoms with Crippen LogP contribution in [0.5, 0.6) is 5.75 Å². The van der Waals surface area contributed by atoms with Gasteiger partial charge in [-0.3, -0.25) is 14.8 Å². The highest BCUT2D eigenvalue weighted by Crippen LogP contribution is 2.27. The summed E-state index contributed by atoms with van der Waals surface area (Å²) < 4.78 is 7.20. The molecule has 2 N–H and O–H groups in total. The highest BCUT2D eigenvalue weighted by molar-refractivity contribution is 6.31. The topological polar surface area (TPSA) is 80.5 Å². The van der Waals surface area contributed by atoms with Crippen LogP contribution in [0.4, 0.5) is 5.69 Å². The first-order valence-electron chi connectivity index (χ1n) is 9.49. The third-order valence-electron chi connectivity index (χ3n) is 4.81. The second kappa shape index (κ2) is 9.85. The number of methoxy groups -OCH3 is 1. The molecular weight excluding hydrogens is 437 g/mol. The monoisotopic (exact) mass is 459 g/mol. The standard InChI is InChI=1S/C22H23Cl2N5O2/c1-13-18(14(2)29(3)28-13)12-25-22(26-19-11-17(24)9-10-20(19)31-4)27-21(30)15-5-7-16(23)8-6-15/h5-11H,12H2,1-4H3,(H2,25,26,27,30). The summed E-state index contributed by atoms with van der Waals surface area (Å²) in [6, 6.07) is 11.8. The van der Waals surface area contributed by atoms with Gasteiger partial charge in [-0.25, -0.2) is 4.99 Å². The number of aliphatic imine (C=N–C) groups is 1. The van der Waals surface area contributed by atoms with Crippen LogP contribution in [0, 0.1) is 13.8 Å². The second-order valence-corrected chi connectivity index (χ2v) is 7.74. The van der Waals surface area contributed by atoms with Crippen molar-refractivity contribution >= 4 is 40.8 Å². The summed E-state index contributed by atoms with van der Waals surface area (Å²) in [7, 11) is 3.44. The molecule has 0 spiro atoms. The number of anilines is 1. The number of nitrogens with one attached hydrogen (secondary N) is 2. The molecule has 1 heterocycles. The fourth-order valence-electron chi connectivity index (χ4n) is 3.00. The summed E-state index contributed by atoms with van der Waals surface area (Å²) in [5.74, 6) is 0.485. The van der Waals surface area contributed by atoms with E-state index in [1.54, 1.807) is 54.3 Å². The first-order valence-corrected chi connectivity index (χ1v) is 10.2. The van der Waals surface area contributed by atoms with Crippen LogP contribution >= 0.6 is 23.2 Å². The Morgan fingerprint density at radius 3 is 2.42 bits per heavy atom. The molecule has 0 saturated heterocycles. The minimum atomic E-state index is -0.330. The first-order chi connectivity index (χ1) is 14.8. The Labute approximate surface area is 191 Å². The van der Waals surface area contributed by atoms with E-state index in [2.05, 4.69) is 20.7 Å². The van der Waals surface area contributed by atoms with E-state index in [0.717, 1.165) is 17.0 Å². The molecule has 31 heavy (non-hydrogen) atoms. The van der Waals surface area contributed by atoms with E-state index < -0.39 is 0 Å². The number of aromatic nitrogens is 2. The highest BCUT2D eigenvalue weighted by Gasteiger charge is 2.14. The van der Waals surface area contributed by atoms with Crippen molar-refractivity contribution in [2.45, 2.75) is 20.4 Å². The summed E-state index contributed by atoms with van der Waals surface area (Å²) in [5.41, 5.74) is 3.90. The zero-order chi connectivity index (χ0) is 22.5. The molecule has 3 aromatic rings. The molecule has 1 aromatic heterocycles. The van der Waals surface area contributed by atoms with Gasteiger partial charge >= 0.3 is 0 Å². The highest BCUT2D eigenvalue weighted by atomic mass is 35.5. The largest absolute Gasteiger partial charge is 0.495 e. The van der Waals surface area contributed by atoms with Crippen molar-refractivity contribution in [2.75, 3.05) is 12.4 Å². The lowest BCUT2D eigenvalue weighted by molar-refractivity contribution is 0.0977. The SMILES string of the molecule is COc1ccc(Cl)cc1NC(=NCc1c(C)nn(C)c1C)NC(=O)c1ccc(Cl)cc1. The van der Waals surface area contributed by atoms with Gasteiger partial charge in [-0.1, -0.05) is 23.2 Å². The Bertz CT molecular complexity index is 1120. The molecule has 2 aromatic carbocycles. The number of aryl methyl sites for hydroxylation is 2. The Morgan fingerprint density at radius 1 is 1.13 bits per heavy atom. The van der Waals surface area contributed by atoms with Gasteiger partial charge in [0.2, 0.25) is 5.96 Å². The van der Waals surface area contributed by atoms with Crippen LogP contribution in [0.2, 0.25) is 10.0 Å². The van der Waals surface area contributed by atoms with Gasteiger partial charge in [0.05, 0.1) is 25.0 Å². The minimum absolute atomic E-state index is 0.253. The van der Waals surface area contributed by atoms with Crippen molar-refractivity contribution in [3.63, 3.8) is 0 Å². The van der Waals surface area contributed by atoms with Gasteiger partial charge in [0.25, 0.3) is 5.91 Å². The van der Waals surface area contributed by atoms with Gasteiger partial charge in [-0.2, -0.15) is 5.10 Å². The lowest BCUT2D eigenvalue weighted by Gasteiger charge is -2.15. The average molecular weight is 460 g/mol. The maximum atomic E-state index is 12.8.